The number of anilines is 3. The lowest BCUT2D eigenvalue weighted by Gasteiger charge is -2.26. The van der Waals surface area contributed by atoms with Gasteiger partial charge in [0, 0.05) is 44.3 Å². The van der Waals surface area contributed by atoms with E-state index in [1.54, 1.807) is 0 Å². The van der Waals surface area contributed by atoms with Crippen LogP contribution in [0.5, 0.6) is 0 Å². The first kappa shape index (κ1) is 31.2. The summed E-state index contributed by atoms with van der Waals surface area (Å²) in [5.74, 6) is 0. The number of hydrogen-bond acceptors (Lipinski definition) is 2. The lowest BCUT2D eigenvalue weighted by atomic mass is 9.98. The molecule has 0 spiro atoms. The van der Waals surface area contributed by atoms with E-state index in [1.807, 2.05) is 12.1 Å². The van der Waals surface area contributed by atoms with Crippen LogP contribution in [0.2, 0.25) is 0 Å². The van der Waals surface area contributed by atoms with Gasteiger partial charge in [-0.25, -0.2) is 0 Å². The van der Waals surface area contributed by atoms with Crippen LogP contribution in [0.25, 0.3) is 82.5 Å². The second kappa shape index (κ2) is 12.6. The minimum Gasteiger partial charge on any atom is -0.456 e. The van der Waals surface area contributed by atoms with Crippen LogP contribution in [0.4, 0.5) is 17.1 Å². The van der Waals surface area contributed by atoms with E-state index in [0.29, 0.717) is 0 Å². The zero-order valence-electron chi connectivity index (χ0n) is 29.9. The van der Waals surface area contributed by atoms with Crippen LogP contribution in [-0.4, -0.2) is 4.57 Å². The molecule has 0 unspecified atom stereocenters. The molecule has 2 aromatic heterocycles. The molecule has 0 aliphatic carbocycles. The molecule has 0 radical (unpaired) electrons. The van der Waals surface area contributed by atoms with E-state index in [2.05, 4.69) is 204 Å². The molecule has 11 aromatic rings. The average Bonchev–Trinajstić information content (AvgIpc) is 3.80. The number of para-hydroxylation sites is 3. The molecule has 0 saturated carbocycles. The van der Waals surface area contributed by atoms with Crippen molar-refractivity contribution in [3.8, 4) is 27.9 Å². The Hall–Kier alpha value is -7.36. The number of nitrogens with zero attached hydrogens (tertiary/aromatic N) is 2. The fourth-order valence-corrected chi connectivity index (χ4v) is 8.39. The predicted octanol–water partition coefficient (Wildman–Crippen LogP) is 14.6. The fourth-order valence-electron chi connectivity index (χ4n) is 8.39. The maximum Gasteiger partial charge on any atom is 0.136 e. The van der Waals surface area contributed by atoms with Crippen molar-refractivity contribution in [3.63, 3.8) is 0 Å². The highest BCUT2D eigenvalue weighted by molar-refractivity contribution is 6.19. The highest BCUT2D eigenvalue weighted by atomic mass is 16.3. The summed E-state index contributed by atoms with van der Waals surface area (Å²) in [6, 6.07) is 74.0. The van der Waals surface area contributed by atoms with Gasteiger partial charge < -0.3 is 13.9 Å². The Kier molecular flexibility index (Phi) is 7.17. The zero-order valence-corrected chi connectivity index (χ0v) is 29.9. The van der Waals surface area contributed by atoms with E-state index in [1.165, 1.54) is 60.2 Å². The molecule has 0 N–H and O–H groups in total. The van der Waals surface area contributed by atoms with Gasteiger partial charge in [-0.05, 0) is 106 Å². The van der Waals surface area contributed by atoms with Gasteiger partial charge in [-0.1, -0.05) is 133 Å². The number of hydrogen-bond donors (Lipinski definition) is 0. The number of aromatic nitrogens is 1. The van der Waals surface area contributed by atoms with Crippen LogP contribution in [0, 0.1) is 0 Å². The Labute approximate surface area is 318 Å². The Balaban J connectivity index is 1.05. The summed E-state index contributed by atoms with van der Waals surface area (Å²) < 4.78 is 8.56. The molecule has 3 nitrogen and oxygen atoms in total. The van der Waals surface area contributed by atoms with Gasteiger partial charge in [0.05, 0.1) is 11.0 Å². The standard InChI is InChI=1S/C52H34N2O/c1-3-12-35(13-4-1)37-14-11-17-42(33-37)53(43-28-30-46-45-18-7-9-20-48(45)54(49(46)34-43)40-15-5-2-6-16-40)41-26-22-36(23-27-41)38-24-29-44-39(32-38)25-31-51-52(44)47-19-8-10-21-50(47)55-51/h1-34H. The minimum atomic E-state index is 0.921. The molecular weight excluding hydrogens is 669 g/mol. The first-order valence-electron chi connectivity index (χ1n) is 18.8. The summed E-state index contributed by atoms with van der Waals surface area (Å²) in [6.07, 6.45) is 0. The van der Waals surface area contributed by atoms with Crippen molar-refractivity contribution in [2.75, 3.05) is 4.90 Å². The molecule has 0 amide bonds. The van der Waals surface area contributed by atoms with Crippen molar-refractivity contribution in [2.45, 2.75) is 0 Å². The Morgan fingerprint density at radius 2 is 0.964 bits per heavy atom. The first-order valence-corrected chi connectivity index (χ1v) is 18.8. The van der Waals surface area contributed by atoms with Gasteiger partial charge in [-0.2, -0.15) is 0 Å². The maximum absolute atomic E-state index is 6.18. The summed E-state index contributed by atoms with van der Waals surface area (Å²) in [6.45, 7) is 0. The summed E-state index contributed by atoms with van der Waals surface area (Å²) in [7, 11) is 0. The fraction of sp³-hybridized carbons (Fsp3) is 0. The summed E-state index contributed by atoms with van der Waals surface area (Å²) >= 11 is 0. The highest BCUT2D eigenvalue weighted by Gasteiger charge is 2.18. The van der Waals surface area contributed by atoms with Crippen molar-refractivity contribution < 1.29 is 4.42 Å². The Morgan fingerprint density at radius 3 is 1.82 bits per heavy atom. The molecule has 11 rings (SSSR count). The Morgan fingerprint density at radius 1 is 0.345 bits per heavy atom. The van der Waals surface area contributed by atoms with Crippen molar-refractivity contribution in [2.24, 2.45) is 0 Å². The SMILES string of the molecule is c1ccc(-c2cccc(N(c3ccc(-c4ccc5c(ccc6oc7ccccc7c65)c4)cc3)c3ccc4c5ccccc5n(-c5ccccc5)c4c3)c2)cc1. The second-order valence-corrected chi connectivity index (χ2v) is 14.2. The van der Waals surface area contributed by atoms with Crippen LogP contribution in [0.3, 0.4) is 0 Å². The molecule has 0 aliphatic rings. The lowest BCUT2D eigenvalue weighted by Crippen LogP contribution is -2.10. The Bertz CT molecular complexity index is 3190. The molecule has 0 saturated heterocycles. The monoisotopic (exact) mass is 702 g/mol. The van der Waals surface area contributed by atoms with Gasteiger partial charge in [-0.3, -0.25) is 0 Å². The van der Waals surface area contributed by atoms with Gasteiger partial charge in [0.2, 0.25) is 0 Å². The molecule has 0 atom stereocenters. The van der Waals surface area contributed by atoms with Crippen LogP contribution < -0.4 is 4.90 Å². The van der Waals surface area contributed by atoms with Crippen molar-refractivity contribution >= 4 is 71.6 Å². The van der Waals surface area contributed by atoms with E-state index in [0.717, 1.165) is 39.3 Å². The van der Waals surface area contributed by atoms with Crippen LogP contribution in [0.15, 0.2) is 211 Å². The molecule has 258 valence electrons. The third-order valence-corrected chi connectivity index (χ3v) is 11.0. The second-order valence-electron chi connectivity index (χ2n) is 14.2. The summed E-state index contributed by atoms with van der Waals surface area (Å²) in [5.41, 5.74) is 13.3. The van der Waals surface area contributed by atoms with E-state index in [4.69, 9.17) is 4.42 Å². The lowest BCUT2D eigenvalue weighted by molar-refractivity contribution is 0.669. The molecule has 55 heavy (non-hydrogen) atoms. The molecule has 3 heteroatoms. The van der Waals surface area contributed by atoms with Crippen LogP contribution in [0.1, 0.15) is 0 Å². The molecular formula is C52H34N2O. The zero-order chi connectivity index (χ0) is 36.3. The maximum atomic E-state index is 6.18. The number of benzene rings is 9. The van der Waals surface area contributed by atoms with Crippen molar-refractivity contribution in [3.05, 3.63) is 206 Å². The van der Waals surface area contributed by atoms with Gasteiger partial charge in [-0.15, -0.1) is 0 Å². The smallest absolute Gasteiger partial charge is 0.136 e. The molecule has 0 fully saturated rings. The highest BCUT2D eigenvalue weighted by Crippen LogP contribution is 2.42. The van der Waals surface area contributed by atoms with Crippen LogP contribution >= 0.6 is 0 Å². The quantitative estimate of drug-likeness (QED) is 0.172. The van der Waals surface area contributed by atoms with Crippen molar-refractivity contribution in [1.82, 2.24) is 4.57 Å². The molecule has 0 bridgehead atoms. The largest absolute Gasteiger partial charge is 0.456 e. The molecule has 2 heterocycles. The van der Waals surface area contributed by atoms with Gasteiger partial charge in [0.25, 0.3) is 0 Å². The predicted molar refractivity (Wildman–Crippen MR) is 231 cm³/mol. The first-order chi connectivity index (χ1) is 27.3. The number of fused-ring (bicyclic) bond motifs is 8. The third kappa shape index (κ3) is 5.20. The normalized spacial score (nSPS) is 11.6. The van der Waals surface area contributed by atoms with E-state index in [9.17, 15) is 0 Å². The number of furan rings is 1. The van der Waals surface area contributed by atoms with Gasteiger partial charge in [0.1, 0.15) is 11.2 Å². The average molecular weight is 703 g/mol. The molecule has 0 aliphatic heterocycles. The molecule has 9 aromatic carbocycles. The van der Waals surface area contributed by atoms with Crippen LogP contribution in [-0.2, 0) is 0 Å². The van der Waals surface area contributed by atoms with E-state index in [-0.39, 0.29) is 0 Å². The summed E-state index contributed by atoms with van der Waals surface area (Å²) in [4.78, 5) is 2.38. The van der Waals surface area contributed by atoms with Gasteiger partial charge >= 0.3 is 0 Å². The van der Waals surface area contributed by atoms with E-state index < -0.39 is 0 Å². The summed E-state index contributed by atoms with van der Waals surface area (Å²) in [5, 5.41) is 7.20. The minimum absolute atomic E-state index is 0.921. The topological polar surface area (TPSA) is 21.3 Å². The van der Waals surface area contributed by atoms with E-state index >= 15 is 0 Å². The number of rotatable bonds is 6. The van der Waals surface area contributed by atoms with Gasteiger partial charge in [0.15, 0.2) is 0 Å². The third-order valence-electron chi connectivity index (χ3n) is 11.0. The van der Waals surface area contributed by atoms with Crippen molar-refractivity contribution in [1.29, 1.82) is 0 Å².